The van der Waals surface area contributed by atoms with Crippen molar-refractivity contribution < 1.29 is 4.79 Å². The first-order valence-electron chi connectivity index (χ1n) is 6.68. The molecule has 6 heteroatoms. The predicted molar refractivity (Wildman–Crippen MR) is 80.6 cm³/mol. The summed E-state index contributed by atoms with van der Waals surface area (Å²) in [7, 11) is 0. The van der Waals surface area contributed by atoms with Gasteiger partial charge >= 0.3 is 0 Å². The van der Waals surface area contributed by atoms with E-state index < -0.39 is 0 Å². The highest BCUT2D eigenvalue weighted by molar-refractivity contribution is 7.80. The summed E-state index contributed by atoms with van der Waals surface area (Å²) in [6.07, 6.45) is 5.17. The molecule has 0 radical (unpaired) electrons. The number of likely N-dealkylation sites (tertiary alicyclic amines) is 1. The predicted octanol–water partition coefficient (Wildman–Crippen LogP) is 1.47. The minimum atomic E-state index is 0.0348. The van der Waals surface area contributed by atoms with Crippen LogP contribution in [0.25, 0.3) is 5.52 Å². The van der Waals surface area contributed by atoms with Gasteiger partial charge in [0.25, 0.3) is 5.91 Å². The van der Waals surface area contributed by atoms with E-state index in [1.807, 2.05) is 29.3 Å². The fourth-order valence-electron chi connectivity index (χ4n) is 2.64. The molecule has 20 heavy (non-hydrogen) atoms. The Hall–Kier alpha value is -1.95. The molecule has 5 nitrogen and oxygen atoms in total. The van der Waals surface area contributed by atoms with Crippen molar-refractivity contribution in [1.82, 2.24) is 14.5 Å². The minimum Gasteiger partial charge on any atom is -0.393 e. The van der Waals surface area contributed by atoms with Crippen molar-refractivity contribution in [2.75, 3.05) is 13.1 Å². The van der Waals surface area contributed by atoms with Crippen LogP contribution >= 0.6 is 12.2 Å². The number of thiocarbonyl (C=S) groups is 1. The minimum absolute atomic E-state index is 0.0348. The Morgan fingerprint density at radius 2 is 2.10 bits per heavy atom. The molecule has 0 saturated carbocycles. The van der Waals surface area contributed by atoms with Crippen molar-refractivity contribution in [3.05, 3.63) is 36.2 Å². The van der Waals surface area contributed by atoms with Crippen LogP contribution in [0.3, 0.4) is 0 Å². The van der Waals surface area contributed by atoms with Gasteiger partial charge in [0.05, 0.1) is 22.3 Å². The van der Waals surface area contributed by atoms with E-state index in [2.05, 4.69) is 5.10 Å². The molecule has 2 aromatic rings. The van der Waals surface area contributed by atoms with Crippen LogP contribution < -0.4 is 5.73 Å². The SMILES string of the molecule is NC(=S)C1CCN(C(=O)c2cnn3ccccc23)CC1. The zero-order chi connectivity index (χ0) is 14.1. The summed E-state index contributed by atoms with van der Waals surface area (Å²) in [6, 6.07) is 5.71. The monoisotopic (exact) mass is 288 g/mol. The number of fused-ring (bicyclic) bond motifs is 1. The average Bonchev–Trinajstić information content (AvgIpc) is 2.90. The Kier molecular flexibility index (Phi) is 3.40. The van der Waals surface area contributed by atoms with Crippen LogP contribution in [-0.2, 0) is 0 Å². The molecule has 1 aliphatic rings. The standard InChI is InChI=1S/C14H16N4OS/c15-13(20)10-4-7-17(8-5-10)14(19)11-9-16-18-6-2-1-3-12(11)18/h1-3,6,9-10H,4-5,7-8H2,(H2,15,20). The normalized spacial score (nSPS) is 16.5. The third-order valence-corrected chi connectivity index (χ3v) is 4.17. The maximum Gasteiger partial charge on any atom is 0.257 e. The number of carbonyl (C=O) groups is 1. The van der Waals surface area contributed by atoms with Crippen LogP contribution in [0.15, 0.2) is 30.6 Å². The van der Waals surface area contributed by atoms with Gasteiger partial charge in [0.2, 0.25) is 0 Å². The van der Waals surface area contributed by atoms with Crippen LogP contribution in [0.1, 0.15) is 23.2 Å². The Morgan fingerprint density at radius 1 is 1.35 bits per heavy atom. The highest BCUT2D eigenvalue weighted by atomic mass is 32.1. The largest absolute Gasteiger partial charge is 0.393 e. The van der Waals surface area contributed by atoms with Gasteiger partial charge in [0.1, 0.15) is 0 Å². The first kappa shape index (κ1) is 13.1. The number of amides is 1. The van der Waals surface area contributed by atoms with Gasteiger partial charge in [-0.05, 0) is 25.0 Å². The molecule has 0 aromatic carbocycles. The second-order valence-corrected chi connectivity index (χ2v) is 5.53. The summed E-state index contributed by atoms with van der Waals surface area (Å²) >= 11 is 5.02. The molecule has 1 saturated heterocycles. The first-order valence-corrected chi connectivity index (χ1v) is 7.08. The lowest BCUT2D eigenvalue weighted by Gasteiger charge is -2.31. The quantitative estimate of drug-likeness (QED) is 0.850. The second-order valence-electron chi connectivity index (χ2n) is 5.06. The van der Waals surface area contributed by atoms with E-state index in [4.69, 9.17) is 18.0 Å². The molecular weight excluding hydrogens is 272 g/mol. The molecule has 2 aromatic heterocycles. The molecule has 1 amide bonds. The topological polar surface area (TPSA) is 63.6 Å². The molecular formula is C14H16N4OS. The van der Waals surface area contributed by atoms with Gasteiger partial charge in [-0.15, -0.1) is 0 Å². The van der Waals surface area contributed by atoms with Gasteiger partial charge in [-0.1, -0.05) is 18.3 Å². The number of nitrogens with zero attached hydrogens (tertiary/aromatic N) is 3. The number of carbonyl (C=O) groups excluding carboxylic acids is 1. The van der Waals surface area contributed by atoms with E-state index in [0.717, 1.165) is 18.4 Å². The van der Waals surface area contributed by atoms with Gasteiger partial charge in [-0.25, -0.2) is 4.52 Å². The highest BCUT2D eigenvalue weighted by Crippen LogP contribution is 2.20. The van der Waals surface area contributed by atoms with Crippen LogP contribution in [-0.4, -0.2) is 38.5 Å². The third kappa shape index (κ3) is 2.27. The Morgan fingerprint density at radius 3 is 2.80 bits per heavy atom. The zero-order valence-electron chi connectivity index (χ0n) is 11.0. The van der Waals surface area contributed by atoms with Crippen molar-refractivity contribution in [2.24, 2.45) is 11.7 Å². The van der Waals surface area contributed by atoms with Gasteiger partial charge in [-0.3, -0.25) is 4.79 Å². The average molecular weight is 288 g/mol. The zero-order valence-corrected chi connectivity index (χ0v) is 11.8. The summed E-state index contributed by atoms with van der Waals surface area (Å²) in [5.41, 5.74) is 7.17. The number of rotatable bonds is 2. The number of piperidine rings is 1. The summed E-state index contributed by atoms with van der Waals surface area (Å²) < 4.78 is 1.72. The fraction of sp³-hybridized carbons (Fsp3) is 0.357. The van der Waals surface area contributed by atoms with Crippen molar-refractivity contribution in [3.63, 3.8) is 0 Å². The lowest BCUT2D eigenvalue weighted by Crippen LogP contribution is -2.41. The van der Waals surface area contributed by atoms with E-state index in [-0.39, 0.29) is 11.8 Å². The van der Waals surface area contributed by atoms with E-state index in [1.54, 1.807) is 10.7 Å². The Balaban J connectivity index is 1.78. The molecule has 0 unspecified atom stereocenters. The molecule has 1 fully saturated rings. The third-order valence-electron chi connectivity index (χ3n) is 3.84. The second kappa shape index (κ2) is 5.20. The van der Waals surface area contributed by atoms with Crippen molar-refractivity contribution in [2.45, 2.75) is 12.8 Å². The number of aromatic nitrogens is 2. The van der Waals surface area contributed by atoms with Gasteiger partial charge < -0.3 is 10.6 Å². The first-order chi connectivity index (χ1) is 9.66. The van der Waals surface area contributed by atoms with Crippen LogP contribution in [0.4, 0.5) is 0 Å². The fourth-order valence-corrected chi connectivity index (χ4v) is 2.87. The maximum atomic E-state index is 12.6. The number of hydrogen-bond acceptors (Lipinski definition) is 3. The van der Waals surface area contributed by atoms with Crippen LogP contribution in [0, 0.1) is 5.92 Å². The van der Waals surface area contributed by atoms with Crippen molar-refractivity contribution in [3.8, 4) is 0 Å². The van der Waals surface area contributed by atoms with Crippen LogP contribution in [0.5, 0.6) is 0 Å². The van der Waals surface area contributed by atoms with E-state index in [9.17, 15) is 4.79 Å². The molecule has 0 aliphatic carbocycles. The lowest BCUT2D eigenvalue weighted by atomic mass is 9.96. The molecule has 0 atom stereocenters. The molecule has 1 aliphatic heterocycles. The van der Waals surface area contributed by atoms with Crippen LogP contribution in [0.2, 0.25) is 0 Å². The highest BCUT2D eigenvalue weighted by Gasteiger charge is 2.26. The van der Waals surface area contributed by atoms with Gasteiger partial charge in [-0.2, -0.15) is 5.10 Å². The number of pyridine rings is 1. The van der Waals surface area contributed by atoms with Crippen molar-refractivity contribution in [1.29, 1.82) is 0 Å². The van der Waals surface area contributed by atoms with Gasteiger partial charge in [0, 0.05) is 25.2 Å². The number of nitrogens with two attached hydrogens (primary N) is 1. The van der Waals surface area contributed by atoms with Gasteiger partial charge in [0.15, 0.2) is 0 Å². The maximum absolute atomic E-state index is 12.6. The van der Waals surface area contributed by atoms with E-state index in [1.165, 1.54) is 0 Å². The molecule has 0 bridgehead atoms. The summed E-state index contributed by atoms with van der Waals surface area (Å²) in [5.74, 6) is 0.297. The smallest absolute Gasteiger partial charge is 0.257 e. The molecule has 3 heterocycles. The molecule has 2 N–H and O–H groups in total. The summed E-state index contributed by atoms with van der Waals surface area (Å²) in [5, 5.41) is 4.21. The van der Waals surface area contributed by atoms with Crippen molar-refractivity contribution >= 4 is 28.6 Å². The Labute approximate surface area is 122 Å². The Bertz CT molecular complexity index is 658. The number of hydrogen-bond donors (Lipinski definition) is 1. The van der Waals surface area contributed by atoms with E-state index >= 15 is 0 Å². The summed E-state index contributed by atoms with van der Waals surface area (Å²) in [4.78, 5) is 15.0. The summed E-state index contributed by atoms with van der Waals surface area (Å²) in [6.45, 7) is 1.40. The molecule has 0 spiro atoms. The lowest BCUT2D eigenvalue weighted by molar-refractivity contribution is 0.0712. The molecule has 104 valence electrons. The van der Waals surface area contributed by atoms with E-state index in [0.29, 0.717) is 23.6 Å². The molecule has 3 rings (SSSR count).